The molecule has 46 heavy (non-hydrogen) atoms. The Balaban J connectivity index is 1.36. The van der Waals surface area contributed by atoms with E-state index in [4.69, 9.17) is 8.39 Å². The minimum Gasteiger partial charge on any atom is -0.404 e. The summed E-state index contributed by atoms with van der Waals surface area (Å²) in [5.41, 5.74) is 4.06. The minimum atomic E-state index is -1.57. The van der Waals surface area contributed by atoms with Gasteiger partial charge in [-0.25, -0.2) is 0 Å². The van der Waals surface area contributed by atoms with Gasteiger partial charge in [-0.05, 0) is 57.8 Å². The Morgan fingerprint density at radius 3 is 1.65 bits per heavy atom. The van der Waals surface area contributed by atoms with E-state index in [9.17, 15) is 0 Å². The highest BCUT2D eigenvalue weighted by molar-refractivity contribution is 7.80. The molecule has 0 saturated heterocycles. The van der Waals surface area contributed by atoms with Crippen molar-refractivity contribution in [3.63, 3.8) is 0 Å². The van der Waals surface area contributed by atoms with Gasteiger partial charge < -0.3 is 8.39 Å². The van der Waals surface area contributed by atoms with Crippen LogP contribution in [0.25, 0.3) is 49.6 Å². The fourth-order valence-electron chi connectivity index (χ4n) is 6.70. The highest BCUT2D eigenvalue weighted by atomic mass is 31.1. The van der Waals surface area contributed by atoms with Gasteiger partial charge in [-0.3, -0.25) is 4.67 Å². The Bertz CT molecular complexity index is 2330. The highest BCUT2D eigenvalue weighted by Gasteiger charge is 2.28. The van der Waals surface area contributed by atoms with Gasteiger partial charge in [0.2, 0.25) is 0 Å². The summed E-state index contributed by atoms with van der Waals surface area (Å²) in [7, 11) is -2.42. The molecule has 1 aliphatic rings. The number of rotatable bonds is 4. The second kappa shape index (κ2) is 11.4. The van der Waals surface area contributed by atoms with Crippen LogP contribution < -0.4 is 20.6 Å². The second-order valence-corrected chi connectivity index (χ2v) is 15.0. The van der Waals surface area contributed by atoms with Crippen molar-refractivity contribution in [1.82, 2.24) is 0 Å². The van der Waals surface area contributed by atoms with Gasteiger partial charge in [-0.2, -0.15) is 0 Å². The van der Waals surface area contributed by atoms with Crippen LogP contribution in [0.4, 0.5) is 5.69 Å². The quantitative estimate of drug-likeness (QED) is 0.182. The second-order valence-electron chi connectivity index (χ2n) is 11.4. The van der Waals surface area contributed by atoms with E-state index in [1.54, 1.807) is 0 Å². The summed E-state index contributed by atoms with van der Waals surface area (Å²) in [5.74, 6) is 0. The minimum absolute atomic E-state index is 0.689. The van der Waals surface area contributed by atoms with Crippen LogP contribution in [0, 0.1) is 0 Å². The molecule has 9 rings (SSSR count). The SMILES string of the molecule is C1=Cc2cccc(P(c3ccccc3)c3ccccc3)c2N(p2oc3ccc4ccccc4c3c3c(ccc4ccccc43)o2)C1. The normalized spacial score (nSPS) is 12.8. The van der Waals surface area contributed by atoms with Gasteiger partial charge in [-0.1, -0.05) is 152 Å². The third-order valence-corrected chi connectivity index (χ3v) is 12.7. The molecule has 7 aromatic carbocycles. The Labute approximate surface area is 269 Å². The van der Waals surface area contributed by atoms with Crippen molar-refractivity contribution in [1.29, 1.82) is 0 Å². The van der Waals surface area contributed by atoms with E-state index in [2.05, 4.69) is 168 Å². The lowest BCUT2D eigenvalue weighted by atomic mass is 9.99. The average Bonchev–Trinajstić information content (AvgIpc) is 3.30. The summed E-state index contributed by atoms with van der Waals surface area (Å²) in [6.07, 6.45) is 4.47. The fourth-order valence-corrected chi connectivity index (χ4v) is 10.8. The van der Waals surface area contributed by atoms with E-state index >= 15 is 0 Å². The zero-order valence-electron chi connectivity index (χ0n) is 25.0. The summed E-state index contributed by atoms with van der Waals surface area (Å²) in [4.78, 5) is 0. The number of hydrogen-bond donors (Lipinski definition) is 0. The van der Waals surface area contributed by atoms with Gasteiger partial charge in [0.1, 0.15) is 11.2 Å². The van der Waals surface area contributed by atoms with Gasteiger partial charge in [0, 0.05) is 16.1 Å². The van der Waals surface area contributed by atoms with Crippen LogP contribution in [-0.4, -0.2) is 6.54 Å². The highest BCUT2D eigenvalue weighted by Crippen LogP contribution is 2.48. The number of benzene rings is 7. The number of anilines is 1. The molecule has 2 heterocycles. The van der Waals surface area contributed by atoms with Crippen LogP contribution in [0.15, 0.2) is 166 Å². The molecule has 0 bridgehead atoms. The van der Waals surface area contributed by atoms with Crippen molar-refractivity contribution in [3.8, 4) is 0 Å². The van der Waals surface area contributed by atoms with E-state index in [0.29, 0.717) is 6.54 Å². The summed E-state index contributed by atoms with van der Waals surface area (Å²) < 4.78 is 16.5. The maximum atomic E-state index is 7.08. The van der Waals surface area contributed by atoms with Crippen molar-refractivity contribution in [2.45, 2.75) is 0 Å². The summed E-state index contributed by atoms with van der Waals surface area (Å²) in [5, 5.41) is 10.8. The lowest BCUT2D eigenvalue weighted by Crippen LogP contribution is -2.28. The molecule has 0 atom stereocenters. The van der Waals surface area contributed by atoms with E-state index in [1.807, 2.05) is 0 Å². The lowest BCUT2D eigenvalue weighted by molar-refractivity contribution is 0.635. The Kier molecular flexibility index (Phi) is 6.74. The number of para-hydroxylation sites is 1. The van der Waals surface area contributed by atoms with Crippen LogP contribution in [0.1, 0.15) is 5.56 Å². The molecular formula is C41H29NO2P2. The molecule has 5 heteroatoms. The van der Waals surface area contributed by atoms with Gasteiger partial charge >= 0.3 is 8.16 Å². The number of fused-ring (bicyclic) bond motifs is 8. The van der Waals surface area contributed by atoms with Crippen molar-refractivity contribution in [2.24, 2.45) is 0 Å². The van der Waals surface area contributed by atoms with Gasteiger partial charge in [0.25, 0.3) is 0 Å². The van der Waals surface area contributed by atoms with E-state index in [0.717, 1.165) is 32.7 Å². The molecular weight excluding hydrogens is 600 g/mol. The summed E-state index contributed by atoms with van der Waals surface area (Å²) in [6.45, 7) is 0.689. The Hall–Kier alpha value is -5.07. The average molecular weight is 630 g/mol. The van der Waals surface area contributed by atoms with Crippen LogP contribution in [-0.2, 0) is 0 Å². The Morgan fingerprint density at radius 1 is 0.522 bits per heavy atom. The van der Waals surface area contributed by atoms with Gasteiger partial charge in [0.15, 0.2) is 0 Å². The molecule has 0 fully saturated rings. The van der Waals surface area contributed by atoms with Crippen LogP contribution in [0.2, 0.25) is 0 Å². The van der Waals surface area contributed by atoms with E-state index in [1.165, 1.54) is 37.9 Å². The Morgan fingerprint density at radius 2 is 1.07 bits per heavy atom. The first-order valence-electron chi connectivity index (χ1n) is 15.5. The fraction of sp³-hybridized carbons (Fsp3) is 0.0244. The molecule has 0 N–H and O–H groups in total. The van der Waals surface area contributed by atoms with Crippen molar-refractivity contribution < 1.29 is 8.39 Å². The molecule has 1 aromatic heterocycles. The first-order valence-corrected chi connectivity index (χ1v) is 18.0. The molecule has 8 aromatic rings. The van der Waals surface area contributed by atoms with Crippen molar-refractivity contribution in [2.75, 3.05) is 11.2 Å². The third kappa shape index (κ3) is 4.55. The summed E-state index contributed by atoms with van der Waals surface area (Å²) in [6, 6.07) is 54.2. The van der Waals surface area contributed by atoms with Crippen LogP contribution in [0.3, 0.4) is 0 Å². The van der Waals surface area contributed by atoms with Gasteiger partial charge in [0.05, 0.1) is 12.2 Å². The smallest absolute Gasteiger partial charge is 0.342 e. The number of nitrogens with zero attached hydrogens (tertiary/aromatic N) is 1. The predicted molar refractivity (Wildman–Crippen MR) is 198 cm³/mol. The standard InChI is InChI=1S/C41H29NO2P2/c1-3-17-32(18-4-1)45(33-19-5-2-6-20-33)38-23-11-15-31-16-12-28-42(41(31)38)46-43-36-26-24-29-13-7-9-21-34(29)39(36)40-35-22-10-8-14-30(35)25-27-37(40)44-46/h1-27H,28H2. The molecule has 3 nitrogen and oxygen atoms in total. The molecule has 1 aliphatic heterocycles. The maximum Gasteiger partial charge on any atom is 0.342 e. The molecule has 220 valence electrons. The van der Waals surface area contributed by atoms with Crippen molar-refractivity contribution in [3.05, 3.63) is 163 Å². The first kappa shape index (κ1) is 27.3. The molecule has 0 unspecified atom stereocenters. The third-order valence-electron chi connectivity index (χ3n) is 8.73. The zero-order chi connectivity index (χ0) is 30.5. The molecule has 0 radical (unpaired) electrons. The largest absolute Gasteiger partial charge is 0.404 e. The van der Waals surface area contributed by atoms with E-state index in [-0.39, 0.29) is 0 Å². The van der Waals surface area contributed by atoms with Gasteiger partial charge in [-0.15, -0.1) is 0 Å². The van der Waals surface area contributed by atoms with E-state index < -0.39 is 16.1 Å². The lowest BCUT2D eigenvalue weighted by Gasteiger charge is -2.30. The number of hydrogen-bond acceptors (Lipinski definition) is 3. The molecule has 0 saturated carbocycles. The monoisotopic (exact) mass is 629 g/mol. The van der Waals surface area contributed by atoms with Crippen LogP contribution in [0.5, 0.6) is 0 Å². The molecule has 0 spiro atoms. The summed E-state index contributed by atoms with van der Waals surface area (Å²) >= 11 is 0. The molecule has 0 aliphatic carbocycles. The zero-order valence-corrected chi connectivity index (χ0v) is 26.7. The maximum absolute atomic E-state index is 7.08. The van der Waals surface area contributed by atoms with Crippen molar-refractivity contribution >= 4 is 87.2 Å². The van der Waals surface area contributed by atoms with Crippen LogP contribution >= 0.6 is 16.1 Å². The molecule has 0 amide bonds. The predicted octanol–water partition coefficient (Wildman–Crippen LogP) is 10.7. The topological polar surface area (TPSA) is 29.5 Å². The first-order chi connectivity index (χ1) is 22.8.